The second kappa shape index (κ2) is 8.16. The van der Waals surface area contributed by atoms with Crippen LogP contribution in [0.4, 0.5) is 5.69 Å². The van der Waals surface area contributed by atoms with Crippen LogP contribution >= 0.6 is 0 Å². The SMILES string of the molecule is CC(C)COc1ccc(NC(=O)c2ccc(CS(C)(=O)=O)cc2)cc1. The van der Waals surface area contributed by atoms with Crippen molar-refractivity contribution in [2.24, 2.45) is 5.92 Å². The molecule has 2 aromatic rings. The highest BCUT2D eigenvalue weighted by Crippen LogP contribution is 2.17. The number of ether oxygens (including phenoxy) is 1. The summed E-state index contributed by atoms with van der Waals surface area (Å²) in [6.45, 7) is 4.80. The van der Waals surface area contributed by atoms with Crippen molar-refractivity contribution in [2.75, 3.05) is 18.2 Å². The quantitative estimate of drug-likeness (QED) is 0.819. The maximum atomic E-state index is 12.2. The third-order valence-electron chi connectivity index (χ3n) is 3.34. The van der Waals surface area contributed by atoms with Gasteiger partial charge < -0.3 is 10.1 Å². The van der Waals surface area contributed by atoms with Crippen LogP contribution < -0.4 is 10.1 Å². The van der Waals surface area contributed by atoms with Crippen molar-refractivity contribution < 1.29 is 17.9 Å². The minimum Gasteiger partial charge on any atom is -0.493 e. The van der Waals surface area contributed by atoms with Crippen molar-refractivity contribution in [1.29, 1.82) is 0 Å². The summed E-state index contributed by atoms with van der Waals surface area (Å²) in [6, 6.07) is 13.7. The smallest absolute Gasteiger partial charge is 0.255 e. The molecule has 0 aliphatic heterocycles. The van der Waals surface area contributed by atoms with Gasteiger partial charge in [0.1, 0.15) is 5.75 Å². The number of hydrogen-bond acceptors (Lipinski definition) is 4. The molecular weight excluding hydrogens is 338 g/mol. The van der Waals surface area contributed by atoms with Gasteiger partial charge in [0.05, 0.1) is 12.4 Å². The first-order valence-electron chi connectivity index (χ1n) is 8.04. The average Bonchev–Trinajstić information content (AvgIpc) is 2.53. The van der Waals surface area contributed by atoms with Gasteiger partial charge in [0.15, 0.2) is 9.84 Å². The Hall–Kier alpha value is -2.34. The van der Waals surface area contributed by atoms with E-state index in [0.29, 0.717) is 29.3 Å². The zero-order valence-corrected chi connectivity index (χ0v) is 15.5. The first-order valence-corrected chi connectivity index (χ1v) is 10.1. The fraction of sp³-hybridized carbons (Fsp3) is 0.316. The van der Waals surface area contributed by atoms with Gasteiger partial charge >= 0.3 is 0 Å². The number of sulfone groups is 1. The zero-order valence-electron chi connectivity index (χ0n) is 14.7. The van der Waals surface area contributed by atoms with Gasteiger partial charge in [-0.3, -0.25) is 4.79 Å². The van der Waals surface area contributed by atoms with E-state index in [0.717, 1.165) is 5.75 Å². The Morgan fingerprint density at radius 1 is 1.04 bits per heavy atom. The molecule has 5 nitrogen and oxygen atoms in total. The van der Waals surface area contributed by atoms with Crippen molar-refractivity contribution in [2.45, 2.75) is 19.6 Å². The van der Waals surface area contributed by atoms with Gasteiger partial charge in [-0.1, -0.05) is 26.0 Å². The lowest BCUT2D eigenvalue weighted by Crippen LogP contribution is -2.12. The molecule has 0 saturated heterocycles. The molecule has 1 amide bonds. The normalized spacial score (nSPS) is 11.4. The Kier molecular flexibility index (Phi) is 6.20. The first-order chi connectivity index (χ1) is 11.7. The fourth-order valence-corrected chi connectivity index (χ4v) is 2.95. The van der Waals surface area contributed by atoms with Crippen LogP contribution in [0.3, 0.4) is 0 Å². The minimum atomic E-state index is -3.09. The molecule has 0 fully saturated rings. The van der Waals surface area contributed by atoms with Crippen molar-refractivity contribution in [3.8, 4) is 5.75 Å². The largest absolute Gasteiger partial charge is 0.493 e. The lowest BCUT2D eigenvalue weighted by molar-refractivity contribution is 0.102. The number of rotatable bonds is 7. The molecule has 1 N–H and O–H groups in total. The number of carbonyl (C=O) groups excluding carboxylic acids is 1. The predicted molar refractivity (Wildman–Crippen MR) is 99.7 cm³/mol. The van der Waals surface area contributed by atoms with E-state index in [1.54, 1.807) is 36.4 Å². The van der Waals surface area contributed by atoms with Crippen LogP contribution in [0.15, 0.2) is 48.5 Å². The van der Waals surface area contributed by atoms with Gasteiger partial charge in [-0.2, -0.15) is 0 Å². The molecule has 0 unspecified atom stereocenters. The van der Waals surface area contributed by atoms with Crippen molar-refractivity contribution in [3.05, 3.63) is 59.7 Å². The highest BCUT2D eigenvalue weighted by Gasteiger charge is 2.09. The predicted octanol–water partition coefficient (Wildman–Crippen LogP) is 3.52. The fourth-order valence-electron chi connectivity index (χ4n) is 2.16. The third kappa shape index (κ3) is 6.58. The van der Waals surface area contributed by atoms with Crippen LogP contribution in [-0.4, -0.2) is 27.2 Å². The van der Waals surface area contributed by atoms with Crippen LogP contribution in [0.2, 0.25) is 0 Å². The summed E-state index contributed by atoms with van der Waals surface area (Å²) in [5, 5.41) is 2.81. The van der Waals surface area contributed by atoms with Gasteiger partial charge in [-0.25, -0.2) is 8.42 Å². The molecule has 0 bridgehead atoms. The highest BCUT2D eigenvalue weighted by molar-refractivity contribution is 7.89. The standard InChI is InChI=1S/C19H23NO4S/c1-14(2)12-24-18-10-8-17(9-11-18)20-19(21)16-6-4-15(5-7-16)13-25(3,22)23/h4-11,14H,12-13H2,1-3H3,(H,20,21). The lowest BCUT2D eigenvalue weighted by atomic mass is 10.1. The molecule has 134 valence electrons. The number of nitrogens with one attached hydrogen (secondary N) is 1. The molecular formula is C19H23NO4S. The van der Waals surface area contributed by atoms with Crippen LogP contribution in [0.5, 0.6) is 5.75 Å². The summed E-state index contributed by atoms with van der Waals surface area (Å²) in [4.78, 5) is 12.2. The van der Waals surface area contributed by atoms with E-state index in [-0.39, 0.29) is 11.7 Å². The molecule has 0 saturated carbocycles. The lowest BCUT2D eigenvalue weighted by Gasteiger charge is -2.10. The molecule has 6 heteroatoms. The second-order valence-electron chi connectivity index (χ2n) is 6.45. The van der Waals surface area contributed by atoms with Crippen LogP contribution in [-0.2, 0) is 15.6 Å². The summed E-state index contributed by atoms with van der Waals surface area (Å²) in [6.07, 6.45) is 1.18. The number of amides is 1. The molecule has 0 spiro atoms. The third-order valence-corrected chi connectivity index (χ3v) is 4.20. The molecule has 0 radical (unpaired) electrons. The van der Waals surface area contributed by atoms with E-state index in [1.165, 1.54) is 6.26 Å². The molecule has 0 heterocycles. The summed E-state index contributed by atoms with van der Waals surface area (Å²) in [5.41, 5.74) is 1.80. The van der Waals surface area contributed by atoms with Gasteiger partial charge in [0.2, 0.25) is 0 Å². The molecule has 2 rings (SSSR count). The van der Waals surface area contributed by atoms with Crippen LogP contribution in [0, 0.1) is 5.92 Å². The first kappa shape index (κ1) is 19.0. The topological polar surface area (TPSA) is 72.5 Å². The van der Waals surface area contributed by atoms with Gasteiger partial charge in [0, 0.05) is 17.5 Å². The van der Waals surface area contributed by atoms with E-state index in [1.807, 2.05) is 12.1 Å². The Labute approximate surface area is 148 Å². The molecule has 0 atom stereocenters. The summed E-state index contributed by atoms with van der Waals surface area (Å²) in [7, 11) is -3.09. The van der Waals surface area contributed by atoms with Crippen molar-refractivity contribution in [1.82, 2.24) is 0 Å². The Morgan fingerprint density at radius 2 is 1.64 bits per heavy atom. The summed E-state index contributed by atoms with van der Waals surface area (Å²) >= 11 is 0. The number of hydrogen-bond donors (Lipinski definition) is 1. The number of anilines is 1. The summed E-state index contributed by atoms with van der Waals surface area (Å²) < 4.78 is 28.2. The molecule has 2 aromatic carbocycles. The molecule has 0 aliphatic carbocycles. The highest BCUT2D eigenvalue weighted by atomic mass is 32.2. The van der Waals surface area contributed by atoms with Crippen molar-refractivity contribution >= 4 is 21.4 Å². The average molecular weight is 361 g/mol. The van der Waals surface area contributed by atoms with E-state index >= 15 is 0 Å². The van der Waals surface area contributed by atoms with E-state index in [2.05, 4.69) is 19.2 Å². The Bertz CT molecular complexity index is 810. The van der Waals surface area contributed by atoms with Crippen LogP contribution in [0.25, 0.3) is 0 Å². The molecule has 0 aromatic heterocycles. The Balaban J connectivity index is 1.97. The maximum Gasteiger partial charge on any atom is 0.255 e. The molecule has 25 heavy (non-hydrogen) atoms. The van der Waals surface area contributed by atoms with Gasteiger partial charge in [-0.05, 0) is 47.9 Å². The Morgan fingerprint density at radius 3 is 2.16 bits per heavy atom. The summed E-state index contributed by atoms with van der Waals surface area (Å²) in [5.74, 6) is 0.927. The maximum absolute atomic E-state index is 12.2. The van der Waals surface area contributed by atoms with E-state index in [4.69, 9.17) is 4.74 Å². The van der Waals surface area contributed by atoms with E-state index < -0.39 is 9.84 Å². The molecule has 0 aliphatic rings. The number of benzene rings is 2. The van der Waals surface area contributed by atoms with Gasteiger partial charge in [0.25, 0.3) is 5.91 Å². The van der Waals surface area contributed by atoms with Crippen molar-refractivity contribution in [3.63, 3.8) is 0 Å². The van der Waals surface area contributed by atoms with Gasteiger partial charge in [-0.15, -0.1) is 0 Å². The zero-order chi connectivity index (χ0) is 18.4. The minimum absolute atomic E-state index is 0.0350. The van der Waals surface area contributed by atoms with E-state index in [9.17, 15) is 13.2 Å². The van der Waals surface area contributed by atoms with Crippen LogP contribution in [0.1, 0.15) is 29.8 Å². The monoisotopic (exact) mass is 361 g/mol. The number of carbonyl (C=O) groups is 1. The second-order valence-corrected chi connectivity index (χ2v) is 8.59.